The van der Waals surface area contributed by atoms with E-state index >= 15 is 0 Å². The van der Waals surface area contributed by atoms with Gasteiger partial charge < -0.3 is 24.4 Å². The van der Waals surface area contributed by atoms with Crippen LogP contribution in [0.1, 0.15) is 49.7 Å². The molecule has 2 amide bonds. The van der Waals surface area contributed by atoms with Crippen LogP contribution in [0, 0.1) is 11.8 Å². The molecule has 2 aliphatic rings. The molecule has 1 aromatic heterocycles. The number of likely N-dealkylation sites (tertiary alicyclic amines) is 1. The van der Waals surface area contributed by atoms with Crippen LogP contribution in [0.3, 0.4) is 0 Å². The molecule has 0 bridgehead atoms. The summed E-state index contributed by atoms with van der Waals surface area (Å²) in [5.74, 6) is 1.83. The minimum atomic E-state index is -1.08. The standard InChI is InChI=1S/C31H39ClN4O3/c1-21-14-22(2)18-34(17-21)13-5-12-33-30(38)31(3)20-35-27-16-26(39-4)11-8-24(27)15-28(35)29(37)36(31)19-23-6-9-25(32)10-7-23/h6-11,15-16,21-22H,5,12-14,17-20H2,1-4H3,(H,33,38)/t21-,22-,31+/m0/s1. The van der Waals surface area contributed by atoms with Gasteiger partial charge in [0.1, 0.15) is 17.0 Å². The van der Waals surface area contributed by atoms with Gasteiger partial charge in [-0.05, 0) is 74.0 Å². The molecule has 0 saturated carbocycles. The molecular formula is C31H39ClN4O3. The molecule has 0 aliphatic carbocycles. The van der Waals surface area contributed by atoms with Crippen LogP contribution in [0.15, 0.2) is 48.5 Å². The predicted octanol–water partition coefficient (Wildman–Crippen LogP) is 5.20. The van der Waals surface area contributed by atoms with Crippen molar-refractivity contribution in [2.45, 2.75) is 52.2 Å². The fraction of sp³-hybridized carbons (Fsp3) is 0.484. The lowest BCUT2D eigenvalue weighted by molar-refractivity contribution is -0.133. The fourth-order valence-electron chi connectivity index (χ4n) is 6.35. The number of hydrogen-bond donors (Lipinski definition) is 1. The zero-order valence-electron chi connectivity index (χ0n) is 23.4. The van der Waals surface area contributed by atoms with Gasteiger partial charge in [0.25, 0.3) is 5.91 Å². The first-order chi connectivity index (χ1) is 18.7. The minimum Gasteiger partial charge on any atom is -0.497 e. The average molecular weight is 551 g/mol. The Bertz CT molecular complexity index is 1340. The highest BCUT2D eigenvalue weighted by Crippen LogP contribution is 2.35. The second-order valence-electron chi connectivity index (χ2n) is 11.6. The highest BCUT2D eigenvalue weighted by Gasteiger charge is 2.47. The molecule has 0 unspecified atom stereocenters. The summed E-state index contributed by atoms with van der Waals surface area (Å²) in [4.78, 5) is 32.1. The van der Waals surface area contributed by atoms with Crippen molar-refractivity contribution < 1.29 is 14.3 Å². The maximum absolute atomic E-state index is 14.0. The van der Waals surface area contributed by atoms with Crippen molar-refractivity contribution in [1.29, 1.82) is 0 Å². The molecule has 7 nitrogen and oxygen atoms in total. The lowest BCUT2D eigenvalue weighted by atomic mass is 9.92. The maximum atomic E-state index is 14.0. The molecule has 0 spiro atoms. The van der Waals surface area contributed by atoms with E-state index in [4.69, 9.17) is 16.3 Å². The van der Waals surface area contributed by atoms with Gasteiger partial charge in [-0.15, -0.1) is 0 Å². The summed E-state index contributed by atoms with van der Waals surface area (Å²) in [6.07, 6.45) is 2.16. The van der Waals surface area contributed by atoms with Gasteiger partial charge in [0.2, 0.25) is 5.91 Å². The lowest BCUT2D eigenvalue weighted by Crippen LogP contribution is -2.63. The largest absolute Gasteiger partial charge is 0.497 e. The number of nitrogens with zero attached hydrogens (tertiary/aromatic N) is 3. The molecular weight excluding hydrogens is 512 g/mol. The number of halogens is 1. The quantitative estimate of drug-likeness (QED) is 0.391. The molecule has 0 radical (unpaired) electrons. The SMILES string of the molecule is COc1ccc2cc3n(c2c1)C[C@](C)(C(=O)NCCCN1C[C@@H](C)C[C@H](C)C1)N(Cc1ccc(Cl)cc1)C3=O. The van der Waals surface area contributed by atoms with E-state index in [0.717, 1.165) is 42.5 Å². The summed E-state index contributed by atoms with van der Waals surface area (Å²) in [6.45, 7) is 10.9. The van der Waals surface area contributed by atoms with E-state index < -0.39 is 5.54 Å². The van der Waals surface area contributed by atoms with E-state index in [1.807, 2.05) is 60.0 Å². The third-order valence-corrected chi connectivity index (χ3v) is 8.51. The molecule has 1 N–H and O–H groups in total. The smallest absolute Gasteiger partial charge is 0.271 e. The fourth-order valence-corrected chi connectivity index (χ4v) is 6.47. The van der Waals surface area contributed by atoms with Gasteiger partial charge in [-0.2, -0.15) is 0 Å². The van der Waals surface area contributed by atoms with Crippen molar-refractivity contribution >= 4 is 34.3 Å². The number of rotatable bonds is 8. The Kier molecular flexibility index (Phi) is 7.92. The lowest BCUT2D eigenvalue weighted by Gasteiger charge is -2.44. The van der Waals surface area contributed by atoms with Crippen LogP contribution in [-0.2, 0) is 17.9 Å². The van der Waals surface area contributed by atoms with E-state index in [2.05, 4.69) is 24.1 Å². The molecule has 208 valence electrons. The Balaban J connectivity index is 1.38. The number of benzene rings is 2. The maximum Gasteiger partial charge on any atom is 0.271 e. The van der Waals surface area contributed by atoms with Crippen LogP contribution < -0.4 is 10.1 Å². The number of carbonyl (C=O) groups is 2. The van der Waals surface area contributed by atoms with E-state index in [-0.39, 0.29) is 11.8 Å². The molecule has 5 rings (SSSR count). The number of aromatic nitrogens is 1. The summed E-state index contributed by atoms with van der Waals surface area (Å²) >= 11 is 6.11. The molecule has 3 atom stereocenters. The Morgan fingerprint density at radius 1 is 1.10 bits per heavy atom. The molecule has 3 heterocycles. The van der Waals surface area contributed by atoms with Crippen LogP contribution >= 0.6 is 11.6 Å². The van der Waals surface area contributed by atoms with Crippen LogP contribution in [-0.4, -0.2) is 65.0 Å². The summed E-state index contributed by atoms with van der Waals surface area (Å²) < 4.78 is 7.41. The van der Waals surface area contributed by atoms with Gasteiger partial charge in [0.15, 0.2) is 0 Å². The third kappa shape index (κ3) is 5.66. The molecule has 8 heteroatoms. The van der Waals surface area contributed by atoms with Crippen molar-refractivity contribution in [2.24, 2.45) is 11.8 Å². The number of hydrogen-bond acceptors (Lipinski definition) is 4. The van der Waals surface area contributed by atoms with Crippen LogP contribution in [0.25, 0.3) is 10.9 Å². The number of nitrogens with one attached hydrogen (secondary N) is 1. The van der Waals surface area contributed by atoms with Crippen LogP contribution in [0.4, 0.5) is 0 Å². The second kappa shape index (κ2) is 11.2. The summed E-state index contributed by atoms with van der Waals surface area (Å²) in [5.41, 5.74) is 1.31. The first-order valence-corrected chi connectivity index (χ1v) is 14.3. The molecule has 3 aromatic rings. The van der Waals surface area contributed by atoms with Crippen molar-refractivity contribution in [1.82, 2.24) is 19.7 Å². The second-order valence-corrected chi connectivity index (χ2v) is 12.1. The average Bonchev–Trinajstić information content (AvgIpc) is 3.27. The van der Waals surface area contributed by atoms with Crippen LogP contribution in [0.5, 0.6) is 5.75 Å². The number of methoxy groups -OCH3 is 1. The highest BCUT2D eigenvalue weighted by atomic mass is 35.5. The van der Waals surface area contributed by atoms with E-state index in [1.165, 1.54) is 6.42 Å². The first-order valence-electron chi connectivity index (χ1n) is 13.9. The summed E-state index contributed by atoms with van der Waals surface area (Å²) in [6, 6.07) is 15.1. The number of ether oxygens (including phenoxy) is 1. The van der Waals surface area contributed by atoms with Gasteiger partial charge in [-0.25, -0.2) is 0 Å². The number of piperidine rings is 1. The first kappa shape index (κ1) is 27.5. The predicted molar refractivity (Wildman–Crippen MR) is 155 cm³/mol. The van der Waals surface area contributed by atoms with E-state index in [9.17, 15) is 9.59 Å². The van der Waals surface area contributed by atoms with Gasteiger partial charge in [0.05, 0.1) is 19.2 Å². The number of amides is 2. The highest BCUT2D eigenvalue weighted by molar-refractivity contribution is 6.30. The molecule has 1 fully saturated rings. The van der Waals surface area contributed by atoms with Crippen molar-refractivity contribution in [3.8, 4) is 5.75 Å². The zero-order chi connectivity index (χ0) is 27.7. The molecule has 39 heavy (non-hydrogen) atoms. The monoisotopic (exact) mass is 550 g/mol. The minimum absolute atomic E-state index is 0.138. The van der Waals surface area contributed by atoms with Gasteiger partial charge in [0, 0.05) is 42.7 Å². The zero-order valence-corrected chi connectivity index (χ0v) is 24.1. The van der Waals surface area contributed by atoms with Gasteiger partial charge >= 0.3 is 0 Å². The molecule has 2 aliphatic heterocycles. The summed E-state index contributed by atoms with van der Waals surface area (Å²) in [5, 5.41) is 4.75. The Labute approximate surface area is 236 Å². The van der Waals surface area contributed by atoms with Crippen molar-refractivity contribution in [3.05, 3.63) is 64.8 Å². The molecule has 1 saturated heterocycles. The van der Waals surface area contributed by atoms with E-state index in [0.29, 0.717) is 47.9 Å². The topological polar surface area (TPSA) is 66.8 Å². The Morgan fingerprint density at radius 3 is 2.51 bits per heavy atom. The Morgan fingerprint density at radius 2 is 1.82 bits per heavy atom. The van der Waals surface area contributed by atoms with E-state index in [1.54, 1.807) is 12.0 Å². The van der Waals surface area contributed by atoms with Gasteiger partial charge in [-0.1, -0.05) is 37.6 Å². The van der Waals surface area contributed by atoms with Crippen molar-refractivity contribution in [3.63, 3.8) is 0 Å². The van der Waals surface area contributed by atoms with Gasteiger partial charge in [-0.3, -0.25) is 9.59 Å². The Hall–Kier alpha value is -3.03. The summed E-state index contributed by atoms with van der Waals surface area (Å²) in [7, 11) is 1.63. The molecule has 2 aromatic carbocycles. The normalized spacial score (nSPS) is 23.6. The van der Waals surface area contributed by atoms with Crippen LogP contribution in [0.2, 0.25) is 5.02 Å². The van der Waals surface area contributed by atoms with Crippen molar-refractivity contribution in [2.75, 3.05) is 33.3 Å². The number of carbonyl (C=O) groups excluding carboxylic acids is 2. The third-order valence-electron chi connectivity index (χ3n) is 8.26. The number of fused-ring (bicyclic) bond motifs is 3.